The van der Waals surface area contributed by atoms with Crippen molar-refractivity contribution < 1.29 is 9.59 Å². The first-order chi connectivity index (χ1) is 10.4. The fourth-order valence-corrected chi connectivity index (χ4v) is 3.12. The van der Waals surface area contributed by atoms with Gasteiger partial charge in [0.2, 0.25) is 5.91 Å². The van der Waals surface area contributed by atoms with Crippen LogP contribution in [-0.2, 0) is 4.79 Å². The number of nitrogens with zero attached hydrogens (tertiary/aromatic N) is 2. The Balaban J connectivity index is 1.97. The summed E-state index contributed by atoms with van der Waals surface area (Å²) in [5.41, 5.74) is 0. The fourth-order valence-electron chi connectivity index (χ4n) is 1.83. The summed E-state index contributed by atoms with van der Waals surface area (Å²) in [6.45, 7) is 5.59. The standard InChI is InChI=1S/C14H17BrN4O2S/c1-8(2)19-12(6-7-16-19)18-13(20)9(3)17-14(21)10-4-5-11(15)22-10/h4-9H,1-3H3,(H,17,21)(H,18,20)/t9-/m0/s1. The maximum absolute atomic E-state index is 12.2. The van der Waals surface area contributed by atoms with E-state index in [0.717, 1.165) is 3.79 Å². The van der Waals surface area contributed by atoms with Crippen molar-refractivity contribution in [1.29, 1.82) is 0 Å². The van der Waals surface area contributed by atoms with Gasteiger partial charge in [0, 0.05) is 12.1 Å². The van der Waals surface area contributed by atoms with Crippen molar-refractivity contribution in [2.75, 3.05) is 5.32 Å². The van der Waals surface area contributed by atoms with E-state index in [-0.39, 0.29) is 17.9 Å². The molecule has 0 unspecified atom stereocenters. The zero-order valence-corrected chi connectivity index (χ0v) is 14.9. The smallest absolute Gasteiger partial charge is 0.262 e. The molecule has 1 atom stereocenters. The molecule has 8 heteroatoms. The summed E-state index contributed by atoms with van der Waals surface area (Å²) < 4.78 is 2.58. The Morgan fingerprint density at radius 3 is 2.59 bits per heavy atom. The first kappa shape index (κ1) is 16.7. The summed E-state index contributed by atoms with van der Waals surface area (Å²) in [5.74, 6) is 0.0575. The van der Waals surface area contributed by atoms with E-state index in [0.29, 0.717) is 10.7 Å². The van der Waals surface area contributed by atoms with Gasteiger partial charge in [0.15, 0.2) is 0 Å². The number of amides is 2. The monoisotopic (exact) mass is 384 g/mol. The van der Waals surface area contributed by atoms with Crippen LogP contribution in [0.15, 0.2) is 28.2 Å². The average Bonchev–Trinajstić information content (AvgIpc) is 3.07. The van der Waals surface area contributed by atoms with Crippen LogP contribution in [0.4, 0.5) is 5.82 Å². The summed E-state index contributed by atoms with van der Waals surface area (Å²) in [4.78, 5) is 24.8. The molecule has 2 amide bonds. The number of halogens is 1. The van der Waals surface area contributed by atoms with Crippen LogP contribution in [0.25, 0.3) is 0 Å². The summed E-state index contributed by atoms with van der Waals surface area (Å²) in [5, 5.41) is 9.60. The lowest BCUT2D eigenvalue weighted by Gasteiger charge is -2.15. The molecule has 0 spiro atoms. The van der Waals surface area contributed by atoms with E-state index in [1.54, 1.807) is 36.0 Å². The molecule has 2 aromatic heterocycles. The number of thiophene rings is 1. The van der Waals surface area contributed by atoms with E-state index >= 15 is 0 Å². The van der Waals surface area contributed by atoms with Crippen molar-refractivity contribution in [3.63, 3.8) is 0 Å². The van der Waals surface area contributed by atoms with Crippen LogP contribution in [0.1, 0.15) is 36.5 Å². The molecule has 6 nitrogen and oxygen atoms in total. The zero-order chi connectivity index (χ0) is 16.3. The lowest BCUT2D eigenvalue weighted by molar-refractivity contribution is -0.117. The fraction of sp³-hybridized carbons (Fsp3) is 0.357. The van der Waals surface area contributed by atoms with Crippen LogP contribution in [0, 0.1) is 0 Å². The molecule has 0 bridgehead atoms. The summed E-state index contributed by atoms with van der Waals surface area (Å²) in [7, 11) is 0. The largest absolute Gasteiger partial charge is 0.340 e. The second-order valence-electron chi connectivity index (χ2n) is 5.04. The molecular formula is C14H17BrN4O2S. The molecule has 0 aliphatic carbocycles. The molecule has 0 saturated carbocycles. The van der Waals surface area contributed by atoms with Gasteiger partial charge in [0.25, 0.3) is 5.91 Å². The summed E-state index contributed by atoms with van der Waals surface area (Å²) in [6, 6.07) is 4.72. The normalized spacial score (nSPS) is 12.2. The van der Waals surface area contributed by atoms with E-state index < -0.39 is 6.04 Å². The molecule has 2 heterocycles. The highest BCUT2D eigenvalue weighted by Gasteiger charge is 2.19. The van der Waals surface area contributed by atoms with Crippen LogP contribution >= 0.6 is 27.3 Å². The first-order valence-electron chi connectivity index (χ1n) is 6.79. The molecule has 0 fully saturated rings. The Hall–Kier alpha value is -1.67. The number of hydrogen-bond donors (Lipinski definition) is 2. The summed E-state index contributed by atoms with van der Waals surface area (Å²) >= 11 is 4.63. The molecule has 0 radical (unpaired) electrons. The van der Waals surface area contributed by atoms with Gasteiger partial charge >= 0.3 is 0 Å². The van der Waals surface area contributed by atoms with Crippen molar-refractivity contribution in [3.8, 4) is 0 Å². The molecule has 118 valence electrons. The summed E-state index contributed by atoms with van der Waals surface area (Å²) in [6.07, 6.45) is 1.63. The maximum Gasteiger partial charge on any atom is 0.262 e. The van der Waals surface area contributed by atoms with Gasteiger partial charge in [-0.25, -0.2) is 4.68 Å². The Labute approximate surface area is 141 Å². The van der Waals surface area contributed by atoms with Crippen LogP contribution in [-0.4, -0.2) is 27.6 Å². The van der Waals surface area contributed by atoms with Crippen LogP contribution < -0.4 is 10.6 Å². The number of hydrogen-bond acceptors (Lipinski definition) is 4. The van der Waals surface area contributed by atoms with Gasteiger partial charge in [-0.2, -0.15) is 5.10 Å². The Morgan fingerprint density at radius 2 is 2.00 bits per heavy atom. The second-order valence-corrected chi connectivity index (χ2v) is 7.51. The molecule has 2 aromatic rings. The third kappa shape index (κ3) is 3.95. The van der Waals surface area contributed by atoms with E-state index in [4.69, 9.17) is 0 Å². The molecule has 22 heavy (non-hydrogen) atoms. The maximum atomic E-state index is 12.2. The van der Waals surface area contributed by atoms with Gasteiger partial charge in [0.1, 0.15) is 11.9 Å². The van der Waals surface area contributed by atoms with Crippen LogP contribution in [0.3, 0.4) is 0 Å². The van der Waals surface area contributed by atoms with Crippen molar-refractivity contribution in [2.24, 2.45) is 0 Å². The van der Waals surface area contributed by atoms with E-state index in [1.165, 1.54) is 11.3 Å². The highest BCUT2D eigenvalue weighted by molar-refractivity contribution is 9.11. The van der Waals surface area contributed by atoms with Gasteiger partial charge < -0.3 is 10.6 Å². The second kappa shape index (κ2) is 7.06. The first-order valence-corrected chi connectivity index (χ1v) is 8.40. The van der Waals surface area contributed by atoms with Gasteiger partial charge in [-0.1, -0.05) is 0 Å². The number of anilines is 1. The average molecular weight is 385 g/mol. The molecular weight excluding hydrogens is 368 g/mol. The van der Waals surface area contributed by atoms with Crippen molar-refractivity contribution in [3.05, 3.63) is 33.1 Å². The minimum atomic E-state index is -0.649. The number of aromatic nitrogens is 2. The minimum Gasteiger partial charge on any atom is -0.340 e. The topological polar surface area (TPSA) is 76.0 Å². The number of nitrogens with one attached hydrogen (secondary N) is 2. The minimum absolute atomic E-state index is 0.138. The van der Waals surface area contributed by atoms with Gasteiger partial charge in [0.05, 0.1) is 14.9 Å². The molecule has 0 aromatic carbocycles. The van der Waals surface area contributed by atoms with E-state index in [1.807, 2.05) is 13.8 Å². The highest BCUT2D eigenvalue weighted by Crippen LogP contribution is 2.22. The van der Waals surface area contributed by atoms with Crippen LogP contribution in [0.2, 0.25) is 0 Å². The lowest BCUT2D eigenvalue weighted by atomic mass is 10.3. The molecule has 0 aliphatic heterocycles. The molecule has 2 rings (SSSR count). The third-order valence-electron chi connectivity index (χ3n) is 2.95. The predicted molar refractivity (Wildman–Crippen MR) is 90.2 cm³/mol. The van der Waals surface area contributed by atoms with Crippen molar-refractivity contribution in [2.45, 2.75) is 32.9 Å². The molecule has 0 saturated heterocycles. The van der Waals surface area contributed by atoms with Crippen molar-refractivity contribution in [1.82, 2.24) is 15.1 Å². The highest BCUT2D eigenvalue weighted by atomic mass is 79.9. The zero-order valence-electron chi connectivity index (χ0n) is 12.5. The number of carbonyl (C=O) groups is 2. The van der Waals surface area contributed by atoms with E-state index in [9.17, 15) is 9.59 Å². The Kier molecular flexibility index (Phi) is 5.36. The third-order valence-corrected chi connectivity index (χ3v) is 4.57. The van der Waals surface area contributed by atoms with Gasteiger partial charge in [-0.05, 0) is 48.8 Å². The Bertz CT molecular complexity index is 680. The molecule has 0 aliphatic rings. The quantitative estimate of drug-likeness (QED) is 0.831. The van der Waals surface area contributed by atoms with E-state index in [2.05, 4.69) is 31.7 Å². The molecule has 2 N–H and O–H groups in total. The van der Waals surface area contributed by atoms with Gasteiger partial charge in [-0.3, -0.25) is 9.59 Å². The van der Waals surface area contributed by atoms with Gasteiger partial charge in [-0.15, -0.1) is 11.3 Å². The Morgan fingerprint density at radius 1 is 1.27 bits per heavy atom. The predicted octanol–water partition coefficient (Wildman–Crippen LogP) is 3.05. The van der Waals surface area contributed by atoms with Crippen molar-refractivity contribution >= 4 is 44.9 Å². The SMILES string of the molecule is CC(C)n1nccc1NC(=O)[C@H](C)NC(=O)c1ccc(Br)s1. The van der Waals surface area contributed by atoms with Crippen LogP contribution in [0.5, 0.6) is 0 Å². The number of carbonyl (C=O) groups excluding carboxylic acids is 2. The lowest BCUT2D eigenvalue weighted by Crippen LogP contribution is -2.41. The number of rotatable bonds is 5.